The molecular formula is C13H19ClN2S2. The molecule has 18 heavy (non-hydrogen) atoms. The van der Waals surface area contributed by atoms with Gasteiger partial charge in [0.15, 0.2) is 0 Å². The van der Waals surface area contributed by atoms with Gasteiger partial charge in [0, 0.05) is 40.4 Å². The molecule has 2 N–H and O–H groups in total. The van der Waals surface area contributed by atoms with Gasteiger partial charge in [-0.3, -0.25) is 4.98 Å². The Hall–Kier alpha value is 0.1000. The van der Waals surface area contributed by atoms with Crippen molar-refractivity contribution in [1.82, 2.24) is 4.98 Å². The van der Waals surface area contributed by atoms with Crippen LogP contribution in [-0.4, -0.2) is 33.0 Å². The second-order valence-electron chi connectivity index (χ2n) is 4.49. The molecule has 3 atom stereocenters. The summed E-state index contributed by atoms with van der Waals surface area (Å²) < 4.78 is 0. The summed E-state index contributed by atoms with van der Waals surface area (Å²) in [6, 6.07) is 2.15. The molecule has 0 saturated carbocycles. The smallest absolute Gasteiger partial charge is 0.0621 e. The Labute approximate surface area is 122 Å². The molecule has 2 nitrogen and oxygen atoms in total. The van der Waals surface area contributed by atoms with Crippen molar-refractivity contribution in [3.8, 4) is 0 Å². The molecule has 0 radical (unpaired) electrons. The summed E-state index contributed by atoms with van der Waals surface area (Å²) in [5, 5.41) is 1.95. The number of hydrogen-bond acceptors (Lipinski definition) is 4. The van der Waals surface area contributed by atoms with E-state index >= 15 is 0 Å². The lowest BCUT2D eigenvalue weighted by molar-refractivity contribution is 0.597. The van der Waals surface area contributed by atoms with E-state index in [1.54, 1.807) is 12.4 Å². The molecule has 0 bridgehead atoms. The van der Waals surface area contributed by atoms with E-state index in [2.05, 4.69) is 23.7 Å². The minimum atomic E-state index is 0.174. The van der Waals surface area contributed by atoms with Gasteiger partial charge in [0.25, 0.3) is 0 Å². The Balaban J connectivity index is 2.02. The molecule has 5 heteroatoms. The Bertz CT molecular complexity index is 389. The molecule has 1 fully saturated rings. The van der Waals surface area contributed by atoms with Gasteiger partial charge in [-0.25, -0.2) is 0 Å². The zero-order valence-corrected chi connectivity index (χ0v) is 12.9. The van der Waals surface area contributed by atoms with Crippen molar-refractivity contribution in [3.63, 3.8) is 0 Å². The average Bonchev–Trinajstić information content (AvgIpc) is 2.41. The van der Waals surface area contributed by atoms with E-state index in [1.165, 1.54) is 17.9 Å². The van der Waals surface area contributed by atoms with E-state index < -0.39 is 0 Å². The van der Waals surface area contributed by atoms with E-state index in [9.17, 15) is 0 Å². The summed E-state index contributed by atoms with van der Waals surface area (Å²) in [7, 11) is 0. The molecule has 1 aliphatic rings. The molecule has 1 aromatic rings. The molecule has 0 aromatic carbocycles. The van der Waals surface area contributed by atoms with Crippen molar-refractivity contribution >= 4 is 35.1 Å². The van der Waals surface area contributed by atoms with Gasteiger partial charge in [-0.05, 0) is 24.5 Å². The van der Waals surface area contributed by atoms with Crippen molar-refractivity contribution in [3.05, 3.63) is 29.0 Å². The van der Waals surface area contributed by atoms with Crippen LogP contribution < -0.4 is 5.73 Å². The third kappa shape index (κ3) is 3.56. The van der Waals surface area contributed by atoms with Gasteiger partial charge in [0.1, 0.15) is 0 Å². The van der Waals surface area contributed by atoms with Crippen LogP contribution in [0.5, 0.6) is 0 Å². The van der Waals surface area contributed by atoms with E-state index in [1.807, 2.05) is 17.8 Å². The fourth-order valence-electron chi connectivity index (χ4n) is 2.27. The minimum Gasteiger partial charge on any atom is -0.326 e. The normalized spacial score (nSPS) is 25.9. The highest BCUT2D eigenvalue weighted by molar-refractivity contribution is 8.07. The lowest BCUT2D eigenvalue weighted by Gasteiger charge is -2.34. The summed E-state index contributed by atoms with van der Waals surface area (Å²) in [6.07, 6.45) is 5.52. The fraction of sp³-hybridized carbons (Fsp3) is 0.615. The van der Waals surface area contributed by atoms with Gasteiger partial charge < -0.3 is 5.73 Å². The molecule has 2 rings (SSSR count). The van der Waals surface area contributed by atoms with E-state index in [0.717, 1.165) is 17.0 Å². The molecule has 0 spiro atoms. The highest BCUT2D eigenvalue weighted by atomic mass is 35.5. The van der Waals surface area contributed by atoms with Crippen LogP contribution in [0.25, 0.3) is 0 Å². The van der Waals surface area contributed by atoms with Crippen LogP contribution in [0.2, 0.25) is 5.02 Å². The molecule has 2 heterocycles. The lowest BCUT2D eigenvalue weighted by atomic mass is 10.0. The Morgan fingerprint density at radius 2 is 2.28 bits per heavy atom. The van der Waals surface area contributed by atoms with E-state index in [0.29, 0.717) is 10.5 Å². The number of halogens is 1. The number of nitrogens with zero attached hydrogens (tertiary/aromatic N) is 1. The highest BCUT2D eigenvalue weighted by Gasteiger charge is 2.30. The first kappa shape index (κ1) is 14.5. The Morgan fingerprint density at radius 1 is 1.50 bits per heavy atom. The summed E-state index contributed by atoms with van der Waals surface area (Å²) in [5.74, 6) is 2.46. The van der Waals surface area contributed by atoms with Crippen LogP contribution in [0.4, 0.5) is 0 Å². The van der Waals surface area contributed by atoms with E-state index in [4.69, 9.17) is 17.3 Å². The summed E-state index contributed by atoms with van der Waals surface area (Å²) >= 11 is 10.2. The lowest BCUT2D eigenvalue weighted by Crippen LogP contribution is -2.43. The number of nitrogens with two attached hydrogens (primary N) is 1. The Morgan fingerprint density at radius 3 is 3.00 bits per heavy atom. The number of aromatic nitrogens is 1. The zero-order valence-electron chi connectivity index (χ0n) is 10.5. The van der Waals surface area contributed by atoms with Gasteiger partial charge in [0.2, 0.25) is 0 Å². The van der Waals surface area contributed by atoms with Crippen molar-refractivity contribution in [2.45, 2.75) is 36.3 Å². The second kappa shape index (κ2) is 7.04. The van der Waals surface area contributed by atoms with Gasteiger partial charge in [-0.15, -0.1) is 0 Å². The minimum absolute atomic E-state index is 0.174. The topological polar surface area (TPSA) is 38.9 Å². The number of pyridine rings is 1. The molecule has 1 saturated heterocycles. The van der Waals surface area contributed by atoms with Crippen LogP contribution in [-0.2, 0) is 6.42 Å². The predicted octanol–water partition coefficient (Wildman–Crippen LogP) is 3.23. The molecule has 0 aliphatic carbocycles. The monoisotopic (exact) mass is 302 g/mol. The fourth-order valence-corrected chi connectivity index (χ4v) is 5.67. The maximum Gasteiger partial charge on any atom is 0.0621 e. The van der Waals surface area contributed by atoms with Crippen LogP contribution in [0.1, 0.15) is 18.9 Å². The van der Waals surface area contributed by atoms with Crippen molar-refractivity contribution in [2.24, 2.45) is 5.73 Å². The third-order valence-corrected chi connectivity index (χ3v) is 7.00. The van der Waals surface area contributed by atoms with Crippen LogP contribution >= 0.6 is 35.1 Å². The maximum atomic E-state index is 6.40. The third-order valence-electron chi connectivity index (χ3n) is 3.23. The summed E-state index contributed by atoms with van der Waals surface area (Å²) in [4.78, 5) is 4.01. The van der Waals surface area contributed by atoms with Crippen LogP contribution in [0, 0.1) is 0 Å². The van der Waals surface area contributed by atoms with Crippen molar-refractivity contribution < 1.29 is 0 Å². The number of thioether (sulfide) groups is 2. The van der Waals surface area contributed by atoms with Gasteiger partial charge in [-0.2, -0.15) is 23.5 Å². The van der Waals surface area contributed by atoms with Gasteiger partial charge in [0.05, 0.1) is 5.02 Å². The van der Waals surface area contributed by atoms with Crippen molar-refractivity contribution in [2.75, 3.05) is 11.5 Å². The molecule has 100 valence electrons. The molecular weight excluding hydrogens is 284 g/mol. The van der Waals surface area contributed by atoms with Crippen LogP contribution in [0.15, 0.2) is 18.5 Å². The molecule has 1 aliphatic heterocycles. The quantitative estimate of drug-likeness (QED) is 0.927. The summed E-state index contributed by atoms with van der Waals surface area (Å²) in [5.41, 5.74) is 7.52. The predicted molar refractivity (Wildman–Crippen MR) is 83.7 cm³/mol. The highest BCUT2D eigenvalue weighted by Crippen LogP contribution is 2.35. The molecule has 3 unspecified atom stereocenters. The van der Waals surface area contributed by atoms with Crippen LogP contribution in [0.3, 0.4) is 0 Å². The van der Waals surface area contributed by atoms with E-state index in [-0.39, 0.29) is 6.04 Å². The average molecular weight is 303 g/mol. The van der Waals surface area contributed by atoms with Gasteiger partial charge in [-0.1, -0.05) is 18.5 Å². The summed E-state index contributed by atoms with van der Waals surface area (Å²) in [6.45, 7) is 2.25. The largest absolute Gasteiger partial charge is 0.326 e. The first-order valence-corrected chi connectivity index (χ1v) is 8.77. The van der Waals surface area contributed by atoms with Gasteiger partial charge >= 0.3 is 0 Å². The number of hydrogen-bond donors (Lipinski definition) is 1. The Kier molecular flexibility index (Phi) is 5.67. The molecule has 1 aromatic heterocycles. The first-order valence-electron chi connectivity index (χ1n) is 6.29. The first-order chi connectivity index (χ1) is 8.72. The second-order valence-corrected chi connectivity index (χ2v) is 7.53. The maximum absolute atomic E-state index is 6.40. The van der Waals surface area contributed by atoms with Crippen molar-refractivity contribution in [1.29, 1.82) is 0 Å². The standard InChI is InChI=1S/C13H19ClN2S2/c1-2-12-13(18-6-5-17-12)11(15)7-9-3-4-16-8-10(9)14/h3-4,8,11-13H,2,5-7,15H2,1H3. The molecule has 0 amide bonds. The number of rotatable bonds is 4. The zero-order chi connectivity index (χ0) is 13.0. The SMILES string of the molecule is CCC1SCCSC1C(N)Cc1ccncc1Cl.